The average molecular weight is 697 g/mol. The van der Waals surface area contributed by atoms with E-state index in [1.54, 1.807) is 0 Å². The molecule has 0 unspecified atom stereocenters. The maximum absolute atomic E-state index is 13.2. The highest BCUT2D eigenvalue weighted by Crippen LogP contribution is 2.38. The first-order valence-corrected chi connectivity index (χ1v) is 18.3. The minimum Gasteiger partial charge on any atom is -0.456 e. The van der Waals surface area contributed by atoms with Gasteiger partial charge in [-0.2, -0.15) is 0 Å². The van der Waals surface area contributed by atoms with Crippen molar-refractivity contribution in [2.24, 2.45) is 0 Å². The zero-order valence-electron chi connectivity index (χ0n) is 28.8. The molecule has 0 amide bonds. The molecule has 6 heterocycles. The van der Waals surface area contributed by atoms with Gasteiger partial charge in [0.05, 0.1) is 44.5 Å². The van der Waals surface area contributed by atoms with Crippen molar-refractivity contribution in [3.8, 4) is 33.4 Å². The first-order valence-electron chi connectivity index (χ1n) is 17.1. The smallest absolute Gasteiger partial charge is 0.431 e. The van der Waals surface area contributed by atoms with Crippen LogP contribution in [0.25, 0.3) is 89.8 Å². The van der Waals surface area contributed by atoms with Crippen LogP contribution in [0.1, 0.15) is 28.1 Å². The number of nitrogens with zero attached hydrogens (tertiary/aromatic N) is 2. The van der Waals surface area contributed by atoms with E-state index in [4.69, 9.17) is 9.40 Å². The molecule has 8 heteroatoms. The molecule has 0 spiro atoms. The summed E-state index contributed by atoms with van der Waals surface area (Å²) in [7, 11) is -3.07. The first kappa shape index (κ1) is 31.5. The Balaban J connectivity index is 1.48. The molecule has 0 fully saturated rings. The lowest BCUT2D eigenvalue weighted by molar-refractivity contribution is 0.511. The van der Waals surface area contributed by atoms with Gasteiger partial charge in [-0.05, 0) is 98.1 Å². The van der Waals surface area contributed by atoms with Crippen LogP contribution in [-0.4, -0.2) is 19.3 Å². The van der Waals surface area contributed by atoms with Crippen LogP contribution in [0, 0.1) is 20.8 Å². The van der Waals surface area contributed by atoms with Gasteiger partial charge in [0.1, 0.15) is 11.2 Å². The number of aromatic nitrogens is 4. The Hall–Kier alpha value is -6.43. The molecule has 0 radical (unpaired) electrons. The molecule has 252 valence electrons. The van der Waals surface area contributed by atoms with Crippen LogP contribution in [0.4, 0.5) is 0 Å². The molecular weight excluding hydrogens is 663 g/mol. The van der Waals surface area contributed by atoms with Crippen LogP contribution < -0.4 is 0 Å². The first-order chi connectivity index (χ1) is 25.3. The van der Waals surface area contributed by atoms with Crippen LogP contribution in [-0.2, 0) is 9.13 Å². The average Bonchev–Trinajstić information content (AvgIpc) is 3.99. The zero-order chi connectivity index (χ0) is 35.5. The molecule has 9 rings (SSSR count). The Morgan fingerprint density at radius 1 is 0.481 bits per heavy atom. The Labute approximate surface area is 299 Å². The van der Waals surface area contributed by atoms with E-state index in [1.165, 1.54) is 9.90 Å². The monoisotopic (exact) mass is 696 g/mol. The van der Waals surface area contributed by atoms with Crippen molar-refractivity contribution in [1.29, 1.82) is 0 Å². The molecule has 1 aliphatic heterocycles. The number of furan rings is 1. The number of aromatic amines is 2. The normalized spacial score (nSPS) is 11.8. The highest BCUT2D eigenvalue weighted by atomic mass is 31.1. The molecule has 1 aliphatic rings. The van der Waals surface area contributed by atoms with Crippen molar-refractivity contribution in [2.75, 3.05) is 0 Å². The summed E-state index contributed by atoms with van der Waals surface area (Å²) in [5.74, 6) is 0. The second-order valence-corrected chi connectivity index (χ2v) is 14.2. The fraction of sp³-hybridized carbons (Fsp3) is 0.0682. The van der Waals surface area contributed by atoms with Crippen molar-refractivity contribution < 1.29 is 13.5 Å². The highest BCUT2D eigenvalue weighted by molar-refractivity contribution is 7.29. The fourth-order valence-electron chi connectivity index (χ4n) is 7.09. The number of aryl methyl sites for hydroxylation is 3. The van der Waals surface area contributed by atoms with E-state index >= 15 is 0 Å². The number of benzene rings is 3. The Morgan fingerprint density at radius 2 is 0.923 bits per heavy atom. The van der Waals surface area contributed by atoms with Gasteiger partial charge in [-0.1, -0.05) is 89.5 Å². The predicted molar refractivity (Wildman–Crippen MR) is 212 cm³/mol. The maximum Gasteiger partial charge on any atom is 0.431 e. The van der Waals surface area contributed by atoms with E-state index in [0.717, 1.165) is 66.8 Å². The number of hydrogen-bond donors (Lipinski definition) is 2. The third-order valence-electron chi connectivity index (χ3n) is 9.75. The molecule has 5 aromatic heterocycles. The van der Waals surface area contributed by atoms with Crippen LogP contribution in [0.3, 0.4) is 0 Å². The van der Waals surface area contributed by atoms with E-state index in [0.29, 0.717) is 33.4 Å². The van der Waals surface area contributed by atoms with Crippen LogP contribution in [0.5, 0.6) is 0 Å². The molecule has 8 aromatic rings. The molecule has 52 heavy (non-hydrogen) atoms. The quantitative estimate of drug-likeness (QED) is 0.179. The standard InChI is InChI=1S/C44H33N4O3P/c1-26-4-10-29(11-5-26)42-35-19-16-32(45-35)33-17-20-36(46-33)43(30-12-6-27(2)7-13-30)40-24-25-41(51-40)44(31-14-8-28(3)9-15-31)37-21-18-34(47-37)38-22-23-39(42)48(38)52(49)50/h4-25,46-47H,1-3H3. The lowest BCUT2D eigenvalue weighted by Gasteiger charge is -2.06. The van der Waals surface area contributed by atoms with Gasteiger partial charge in [-0.25, -0.2) is 18.5 Å². The third kappa shape index (κ3) is 5.43. The van der Waals surface area contributed by atoms with Gasteiger partial charge in [0.15, 0.2) is 0 Å². The summed E-state index contributed by atoms with van der Waals surface area (Å²) in [4.78, 5) is 12.3. The van der Waals surface area contributed by atoms with Crippen molar-refractivity contribution >= 4 is 64.2 Å². The highest BCUT2D eigenvalue weighted by Gasteiger charge is 2.18. The SMILES string of the molecule is Cc1ccc(-c2c3ccc([nH]3)c3nc(c(-c4ccc(C)cc4)c4ccc(c5ccc([nH]5)c(-c5ccc(C)cc5)c5ccc2o5)n4P(=O)=O)C=C3)cc1. The molecule has 0 saturated heterocycles. The summed E-state index contributed by atoms with van der Waals surface area (Å²) in [6.07, 6.45) is 3.92. The van der Waals surface area contributed by atoms with Gasteiger partial charge in [-0.3, -0.25) is 0 Å². The topological polar surface area (TPSA) is 96.7 Å². The molecule has 10 bridgehead atoms. The van der Waals surface area contributed by atoms with E-state index in [-0.39, 0.29) is 0 Å². The minimum absolute atomic E-state index is 0.516. The number of H-pyrrole nitrogens is 2. The van der Waals surface area contributed by atoms with Crippen LogP contribution in [0.2, 0.25) is 0 Å². The summed E-state index contributed by atoms with van der Waals surface area (Å²) in [5.41, 5.74) is 15.8. The van der Waals surface area contributed by atoms with Crippen LogP contribution >= 0.6 is 7.83 Å². The van der Waals surface area contributed by atoms with Gasteiger partial charge in [0.2, 0.25) is 0 Å². The van der Waals surface area contributed by atoms with E-state index < -0.39 is 7.83 Å². The van der Waals surface area contributed by atoms with Crippen molar-refractivity contribution in [2.45, 2.75) is 20.8 Å². The van der Waals surface area contributed by atoms with Gasteiger partial charge in [0, 0.05) is 16.7 Å². The minimum atomic E-state index is -3.07. The predicted octanol–water partition coefficient (Wildman–Crippen LogP) is 12.3. The van der Waals surface area contributed by atoms with Gasteiger partial charge >= 0.3 is 7.83 Å². The Morgan fingerprint density at radius 3 is 1.46 bits per heavy atom. The summed E-state index contributed by atoms with van der Waals surface area (Å²) in [5, 5.41) is 0. The van der Waals surface area contributed by atoms with E-state index in [9.17, 15) is 9.13 Å². The van der Waals surface area contributed by atoms with E-state index in [2.05, 4.69) is 78.4 Å². The molecule has 7 nitrogen and oxygen atoms in total. The molecule has 3 aromatic carbocycles. The van der Waals surface area contributed by atoms with Crippen molar-refractivity contribution in [3.05, 3.63) is 149 Å². The van der Waals surface area contributed by atoms with Crippen LogP contribution in [0.15, 0.2) is 126 Å². The van der Waals surface area contributed by atoms with Crippen molar-refractivity contribution in [1.82, 2.24) is 19.3 Å². The van der Waals surface area contributed by atoms with Crippen molar-refractivity contribution in [3.63, 3.8) is 0 Å². The van der Waals surface area contributed by atoms with Gasteiger partial charge in [0.25, 0.3) is 0 Å². The lowest BCUT2D eigenvalue weighted by Crippen LogP contribution is -1.90. The fourth-order valence-corrected chi connectivity index (χ4v) is 7.78. The van der Waals surface area contributed by atoms with Gasteiger partial charge in [-0.15, -0.1) is 0 Å². The third-order valence-corrected chi connectivity index (χ3v) is 10.5. The molecule has 0 atom stereocenters. The summed E-state index contributed by atoms with van der Waals surface area (Å²) in [6, 6.07) is 40.6. The molecule has 0 aliphatic carbocycles. The largest absolute Gasteiger partial charge is 0.456 e. The Bertz CT molecular complexity index is 2950. The molecule has 0 saturated carbocycles. The Kier molecular flexibility index (Phi) is 7.53. The summed E-state index contributed by atoms with van der Waals surface area (Å²) >= 11 is 0. The van der Waals surface area contributed by atoms with E-state index in [1.807, 2.05) is 85.8 Å². The number of hydrogen-bond acceptors (Lipinski definition) is 4. The maximum atomic E-state index is 13.2. The number of rotatable bonds is 4. The number of nitrogens with one attached hydrogen (secondary N) is 2. The van der Waals surface area contributed by atoms with Gasteiger partial charge < -0.3 is 14.4 Å². The second kappa shape index (κ2) is 12.4. The summed E-state index contributed by atoms with van der Waals surface area (Å²) in [6.45, 7) is 6.18. The second-order valence-electron chi connectivity index (χ2n) is 13.3. The number of fused-ring (bicyclic) bond motifs is 12. The zero-order valence-corrected chi connectivity index (χ0v) is 29.7. The summed E-state index contributed by atoms with van der Waals surface area (Å²) < 4.78 is 34.6. The lowest BCUT2D eigenvalue weighted by atomic mass is 10.0. The molecular formula is C44H33N4O3P. The molecule has 2 N–H and O–H groups in total.